The lowest BCUT2D eigenvalue weighted by molar-refractivity contribution is -0.143. The summed E-state index contributed by atoms with van der Waals surface area (Å²) in [7, 11) is -2.40. The molecule has 1 atom stereocenters. The van der Waals surface area contributed by atoms with Crippen LogP contribution < -0.4 is 5.32 Å². The Morgan fingerprint density at radius 3 is 2.18 bits per heavy atom. The van der Waals surface area contributed by atoms with E-state index >= 15 is 0 Å². The number of rotatable bonds is 8. The van der Waals surface area contributed by atoms with E-state index in [-0.39, 0.29) is 36.9 Å². The maximum absolute atomic E-state index is 13.3. The smallest absolute Gasteiger partial charge is 0.407 e. The number of benzene rings is 4. The van der Waals surface area contributed by atoms with Crippen LogP contribution in [0.25, 0.3) is 11.1 Å². The molecule has 0 saturated carbocycles. The molecule has 0 bridgehead atoms. The molecule has 0 radical (unpaired) electrons. The van der Waals surface area contributed by atoms with Gasteiger partial charge in [0.25, 0.3) is 0 Å². The second-order valence-electron chi connectivity index (χ2n) is 11.4. The van der Waals surface area contributed by atoms with Crippen LogP contribution in [-0.2, 0) is 43.8 Å². The number of esters is 1. The number of carbonyl (C=O) groups excluding carboxylic acids is 2. The molecule has 4 aromatic rings. The van der Waals surface area contributed by atoms with Crippen molar-refractivity contribution in [2.24, 2.45) is 0 Å². The number of nitrogens with one attached hydrogen (secondary N) is 1. The third kappa shape index (κ3) is 5.60. The van der Waals surface area contributed by atoms with Gasteiger partial charge >= 0.3 is 12.1 Å². The Hall–Kier alpha value is -4.47. The second kappa shape index (κ2) is 11.9. The summed E-state index contributed by atoms with van der Waals surface area (Å²) in [5.74, 6) is -0.705. The quantitative estimate of drug-likeness (QED) is 0.260. The minimum atomic E-state index is -3.67. The first-order chi connectivity index (χ1) is 21.2. The van der Waals surface area contributed by atoms with Crippen molar-refractivity contribution >= 4 is 22.1 Å². The summed E-state index contributed by atoms with van der Waals surface area (Å²) in [5.41, 5.74) is 8.96. The number of methoxy groups -OCH3 is 1. The number of hydrogen-bond acceptors (Lipinski definition) is 6. The van der Waals surface area contributed by atoms with E-state index in [2.05, 4.69) is 17.4 Å². The van der Waals surface area contributed by atoms with E-state index in [0.29, 0.717) is 0 Å². The Balaban J connectivity index is 1.14. The zero-order valence-electron chi connectivity index (χ0n) is 24.9. The van der Waals surface area contributed by atoms with E-state index in [9.17, 15) is 18.0 Å². The lowest BCUT2D eigenvalue weighted by atomic mass is 9.97. The molecule has 0 fully saturated rings. The summed E-state index contributed by atoms with van der Waals surface area (Å²) in [5, 5.41) is 2.69. The summed E-state index contributed by atoms with van der Waals surface area (Å²) in [6.07, 6.45) is -0.550. The van der Waals surface area contributed by atoms with Gasteiger partial charge in [0, 0.05) is 25.4 Å². The minimum absolute atomic E-state index is 0.108. The first-order valence-corrected chi connectivity index (χ1v) is 16.0. The lowest BCUT2D eigenvalue weighted by Crippen LogP contribution is -2.43. The predicted molar refractivity (Wildman–Crippen MR) is 167 cm³/mol. The van der Waals surface area contributed by atoms with Crippen molar-refractivity contribution in [3.05, 3.63) is 124 Å². The maximum atomic E-state index is 13.3. The van der Waals surface area contributed by atoms with Crippen molar-refractivity contribution in [2.75, 3.05) is 13.7 Å². The van der Waals surface area contributed by atoms with Crippen molar-refractivity contribution in [3.63, 3.8) is 0 Å². The zero-order valence-corrected chi connectivity index (χ0v) is 25.7. The topological polar surface area (TPSA) is 102 Å². The molecule has 44 heavy (non-hydrogen) atoms. The van der Waals surface area contributed by atoms with Gasteiger partial charge < -0.3 is 14.8 Å². The molecule has 4 aromatic carbocycles. The van der Waals surface area contributed by atoms with E-state index < -0.39 is 28.1 Å². The van der Waals surface area contributed by atoms with Crippen LogP contribution >= 0.6 is 0 Å². The third-order valence-corrected chi connectivity index (χ3v) is 10.3. The molecule has 8 nitrogen and oxygen atoms in total. The van der Waals surface area contributed by atoms with Crippen LogP contribution in [0.2, 0.25) is 0 Å². The predicted octanol–water partition coefficient (Wildman–Crippen LogP) is 5.63. The number of hydrogen-bond donors (Lipinski definition) is 1. The van der Waals surface area contributed by atoms with Crippen LogP contribution in [0.4, 0.5) is 4.79 Å². The Kier molecular flexibility index (Phi) is 8.00. The van der Waals surface area contributed by atoms with Crippen molar-refractivity contribution in [1.82, 2.24) is 9.62 Å². The molecule has 1 aliphatic carbocycles. The molecular formula is C35H34N2O6S. The fourth-order valence-corrected chi connectivity index (χ4v) is 7.65. The van der Waals surface area contributed by atoms with Gasteiger partial charge in [-0.1, -0.05) is 78.4 Å². The van der Waals surface area contributed by atoms with Gasteiger partial charge in [0.15, 0.2) is 0 Å². The van der Waals surface area contributed by atoms with Crippen LogP contribution in [0.5, 0.6) is 0 Å². The van der Waals surface area contributed by atoms with Crippen LogP contribution in [0, 0.1) is 13.8 Å². The summed E-state index contributed by atoms with van der Waals surface area (Å²) < 4.78 is 38.8. The van der Waals surface area contributed by atoms with Gasteiger partial charge in [0.1, 0.15) is 12.6 Å². The number of amides is 1. The van der Waals surface area contributed by atoms with Gasteiger partial charge in [-0.25, -0.2) is 18.0 Å². The van der Waals surface area contributed by atoms with Crippen LogP contribution in [0.3, 0.4) is 0 Å². The Labute approximate surface area is 257 Å². The van der Waals surface area contributed by atoms with E-state index in [1.165, 1.54) is 11.4 Å². The van der Waals surface area contributed by atoms with Gasteiger partial charge in [-0.3, -0.25) is 0 Å². The number of aryl methyl sites for hydroxylation is 2. The molecule has 1 unspecified atom stereocenters. The number of ether oxygens (including phenoxy) is 2. The highest BCUT2D eigenvalue weighted by atomic mass is 32.2. The van der Waals surface area contributed by atoms with Crippen molar-refractivity contribution in [3.8, 4) is 11.1 Å². The number of sulfonamides is 1. The highest BCUT2D eigenvalue weighted by Crippen LogP contribution is 2.44. The van der Waals surface area contributed by atoms with E-state index in [1.807, 2.05) is 62.4 Å². The minimum Gasteiger partial charge on any atom is -0.467 e. The molecule has 9 heteroatoms. The molecule has 226 valence electrons. The SMILES string of the molecule is COC(=O)C(Cc1cc(C)c2c(c1)CN(S(=O)(=O)c1ccc(C)cc1)C2)NC(=O)OCC1c2ccccc2-c2ccccc21. The number of nitrogens with zero attached hydrogens (tertiary/aromatic N) is 1. The van der Waals surface area contributed by atoms with Gasteiger partial charge in [-0.2, -0.15) is 4.31 Å². The van der Waals surface area contributed by atoms with Crippen LogP contribution in [0.1, 0.15) is 44.9 Å². The number of carbonyl (C=O) groups is 2. The fraction of sp³-hybridized carbons (Fsp3) is 0.257. The highest BCUT2D eigenvalue weighted by Gasteiger charge is 2.33. The normalized spacial score (nSPS) is 14.8. The molecule has 1 heterocycles. The van der Waals surface area contributed by atoms with Gasteiger partial charge in [0.2, 0.25) is 10.0 Å². The summed E-state index contributed by atoms with van der Waals surface area (Å²) in [6.45, 7) is 4.46. The molecule has 6 rings (SSSR count). The standard InChI is InChI=1S/C35H34N2O6S/c1-22-12-14-26(15-13-22)44(40,41)37-19-25-17-24(16-23(2)31(25)20-37)18-33(34(38)42-3)36-35(39)43-21-32-29-10-6-4-8-27(29)28-9-5-7-11-30(28)32/h4-17,32-33H,18-21H2,1-3H3,(H,36,39). The Morgan fingerprint density at radius 2 is 1.55 bits per heavy atom. The van der Waals surface area contributed by atoms with Gasteiger partial charge in [-0.05, 0) is 70.5 Å². The van der Waals surface area contributed by atoms with Gasteiger partial charge in [-0.15, -0.1) is 0 Å². The largest absolute Gasteiger partial charge is 0.467 e. The lowest BCUT2D eigenvalue weighted by Gasteiger charge is -2.19. The van der Waals surface area contributed by atoms with Crippen molar-refractivity contribution in [1.29, 1.82) is 0 Å². The molecule has 2 aliphatic rings. The van der Waals surface area contributed by atoms with E-state index in [4.69, 9.17) is 9.47 Å². The molecule has 1 amide bonds. The monoisotopic (exact) mass is 610 g/mol. The molecule has 0 spiro atoms. The zero-order chi connectivity index (χ0) is 31.0. The van der Waals surface area contributed by atoms with Crippen LogP contribution in [0.15, 0.2) is 89.8 Å². The number of alkyl carbamates (subject to hydrolysis) is 1. The highest BCUT2D eigenvalue weighted by molar-refractivity contribution is 7.89. The Morgan fingerprint density at radius 1 is 0.909 bits per heavy atom. The molecule has 0 aromatic heterocycles. The summed E-state index contributed by atoms with van der Waals surface area (Å²) in [6, 6.07) is 25.8. The first kappa shape index (κ1) is 29.6. The molecule has 0 saturated heterocycles. The first-order valence-electron chi connectivity index (χ1n) is 14.5. The average molecular weight is 611 g/mol. The molecule has 1 aliphatic heterocycles. The second-order valence-corrected chi connectivity index (χ2v) is 13.3. The third-order valence-electron chi connectivity index (χ3n) is 8.53. The maximum Gasteiger partial charge on any atom is 0.407 e. The molecular weight excluding hydrogens is 576 g/mol. The van der Waals surface area contributed by atoms with Crippen molar-refractivity contribution in [2.45, 2.75) is 50.2 Å². The van der Waals surface area contributed by atoms with E-state index in [1.54, 1.807) is 24.3 Å². The Bertz CT molecular complexity index is 1810. The van der Waals surface area contributed by atoms with Crippen LogP contribution in [-0.4, -0.2) is 44.5 Å². The number of fused-ring (bicyclic) bond motifs is 4. The average Bonchev–Trinajstić information content (AvgIpc) is 3.60. The van der Waals surface area contributed by atoms with E-state index in [0.717, 1.165) is 50.1 Å². The summed E-state index contributed by atoms with van der Waals surface area (Å²) in [4.78, 5) is 26.0. The van der Waals surface area contributed by atoms with Gasteiger partial charge in [0.05, 0.1) is 12.0 Å². The fourth-order valence-electron chi connectivity index (χ4n) is 6.26. The molecule has 1 N–H and O–H groups in total. The van der Waals surface area contributed by atoms with Crippen molar-refractivity contribution < 1.29 is 27.5 Å². The summed E-state index contributed by atoms with van der Waals surface area (Å²) >= 11 is 0.